The van der Waals surface area contributed by atoms with Gasteiger partial charge >= 0.3 is 0 Å². The first-order chi connectivity index (χ1) is 6.20. The van der Waals surface area contributed by atoms with Crippen LogP contribution in [0.15, 0.2) is 30.3 Å². The molecule has 0 aliphatic carbocycles. The summed E-state index contributed by atoms with van der Waals surface area (Å²) in [4.78, 5) is 0. The van der Waals surface area contributed by atoms with Gasteiger partial charge in [-0.2, -0.15) is 0 Å². The Kier molecular flexibility index (Phi) is 4.46. The average molecular weight is 243 g/mol. The zero-order valence-electron chi connectivity index (χ0n) is 8.03. The summed E-state index contributed by atoms with van der Waals surface area (Å²) in [5.74, 6) is 0.503. The Morgan fingerprint density at radius 1 is 1.23 bits per heavy atom. The predicted octanol–water partition coefficient (Wildman–Crippen LogP) is 3.58. The highest BCUT2D eigenvalue weighted by Gasteiger charge is 2.08. The number of benzene rings is 1. The normalized spacial score (nSPS) is 13.2. The van der Waals surface area contributed by atoms with Gasteiger partial charge in [-0.05, 0) is 11.5 Å². The Hall–Kier alpha value is -0.340. The van der Waals surface area contributed by atoms with Crippen molar-refractivity contribution in [3.8, 4) is 0 Å². The Labute approximate surface area is 88.2 Å². The molecule has 0 amide bonds. The number of alkyl halides is 1. The molecule has 0 aromatic heterocycles. The summed E-state index contributed by atoms with van der Waals surface area (Å²) in [5.41, 5.74) is 1.22. The molecule has 1 atom stereocenters. The fraction of sp³-hybridized carbons (Fsp3) is 0.455. The molecule has 72 valence electrons. The topological polar surface area (TPSA) is 9.23 Å². The lowest BCUT2D eigenvalue weighted by molar-refractivity contribution is 0.0759. The maximum atomic E-state index is 5.61. The van der Waals surface area contributed by atoms with Crippen LogP contribution < -0.4 is 0 Å². The molecular weight excluding hydrogens is 228 g/mol. The second kappa shape index (κ2) is 5.40. The van der Waals surface area contributed by atoms with E-state index in [0.29, 0.717) is 12.5 Å². The van der Waals surface area contributed by atoms with Crippen LogP contribution in [0.1, 0.15) is 19.4 Å². The van der Waals surface area contributed by atoms with Crippen LogP contribution in [0.5, 0.6) is 0 Å². The van der Waals surface area contributed by atoms with Crippen molar-refractivity contribution in [1.82, 2.24) is 0 Å². The summed E-state index contributed by atoms with van der Waals surface area (Å²) in [7, 11) is 0. The van der Waals surface area contributed by atoms with Crippen molar-refractivity contribution >= 4 is 15.9 Å². The molecule has 2 heteroatoms. The van der Waals surface area contributed by atoms with Gasteiger partial charge in [-0.25, -0.2) is 0 Å². The summed E-state index contributed by atoms with van der Waals surface area (Å²) in [6, 6.07) is 10.2. The minimum Gasteiger partial charge on any atom is -0.362 e. The van der Waals surface area contributed by atoms with E-state index in [0.717, 1.165) is 0 Å². The first-order valence-corrected chi connectivity index (χ1v) is 5.41. The van der Waals surface area contributed by atoms with Gasteiger partial charge in [-0.1, -0.05) is 60.1 Å². The molecule has 0 aliphatic heterocycles. The molecule has 1 aromatic rings. The molecule has 0 N–H and O–H groups in total. The molecule has 1 nitrogen and oxygen atoms in total. The van der Waals surface area contributed by atoms with Crippen LogP contribution in [-0.4, -0.2) is 5.01 Å². The zero-order valence-corrected chi connectivity index (χ0v) is 9.62. The molecule has 0 heterocycles. The summed E-state index contributed by atoms with van der Waals surface area (Å²) in [5, 5.41) is 0.146. The van der Waals surface area contributed by atoms with Gasteiger partial charge in [0, 0.05) is 0 Å². The van der Waals surface area contributed by atoms with Crippen molar-refractivity contribution in [2.45, 2.75) is 25.5 Å². The fourth-order valence-corrected chi connectivity index (χ4v) is 1.07. The monoisotopic (exact) mass is 242 g/mol. The second-order valence-electron chi connectivity index (χ2n) is 3.39. The van der Waals surface area contributed by atoms with Gasteiger partial charge in [0.2, 0.25) is 0 Å². The zero-order chi connectivity index (χ0) is 9.68. The third-order valence-electron chi connectivity index (χ3n) is 1.78. The average Bonchev–Trinajstić information content (AvgIpc) is 2.15. The largest absolute Gasteiger partial charge is 0.362 e. The van der Waals surface area contributed by atoms with Crippen LogP contribution in [0.25, 0.3) is 0 Å². The molecule has 1 rings (SSSR count). The van der Waals surface area contributed by atoms with E-state index in [9.17, 15) is 0 Å². The van der Waals surface area contributed by atoms with Crippen LogP contribution in [0, 0.1) is 5.92 Å². The Morgan fingerprint density at radius 3 is 2.38 bits per heavy atom. The summed E-state index contributed by atoms with van der Waals surface area (Å²) >= 11 is 3.48. The summed E-state index contributed by atoms with van der Waals surface area (Å²) in [6.07, 6.45) is 0. The molecule has 0 spiro atoms. The van der Waals surface area contributed by atoms with Crippen molar-refractivity contribution in [1.29, 1.82) is 0 Å². The third-order valence-corrected chi connectivity index (χ3v) is 3.10. The Bertz CT molecular complexity index is 233. The van der Waals surface area contributed by atoms with Crippen molar-refractivity contribution in [3.05, 3.63) is 35.9 Å². The Morgan fingerprint density at radius 2 is 1.85 bits per heavy atom. The van der Waals surface area contributed by atoms with Gasteiger partial charge < -0.3 is 4.74 Å². The van der Waals surface area contributed by atoms with Crippen molar-refractivity contribution < 1.29 is 4.74 Å². The molecule has 0 saturated carbocycles. The highest BCUT2D eigenvalue weighted by Crippen LogP contribution is 2.15. The van der Waals surface area contributed by atoms with Crippen molar-refractivity contribution in [3.63, 3.8) is 0 Å². The maximum Gasteiger partial charge on any atom is 0.115 e. The second-order valence-corrected chi connectivity index (χ2v) is 4.29. The van der Waals surface area contributed by atoms with E-state index in [1.165, 1.54) is 5.56 Å². The van der Waals surface area contributed by atoms with E-state index in [-0.39, 0.29) is 5.01 Å². The van der Waals surface area contributed by atoms with Gasteiger partial charge in [-0.15, -0.1) is 0 Å². The van der Waals surface area contributed by atoms with Gasteiger partial charge in [0.25, 0.3) is 0 Å². The summed E-state index contributed by atoms with van der Waals surface area (Å²) < 4.78 is 5.61. The van der Waals surface area contributed by atoms with Crippen molar-refractivity contribution in [2.75, 3.05) is 0 Å². The summed E-state index contributed by atoms with van der Waals surface area (Å²) in [6.45, 7) is 4.93. The predicted molar refractivity (Wildman–Crippen MR) is 58.8 cm³/mol. The lowest BCUT2D eigenvalue weighted by atomic mass is 10.2. The molecular formula is C11H15BrO. The van der Waals surface area contributed by atoms with E-state index >= 15 is 0 Å². The van der Waals surface area contributed by atoms with Crippen LogP contribution in [0.2, 0.25) is 0 Å². The highest BCUT2D eigenvalue weighted by atomic mass is 79.9. The number of halogens is 1. The van der Waals surface area contributed by atoms with Gasteiger partial charge in [0.15, 0.2) is 0 Å². The molecule has 0 radical (unpaired) electrons. The molecule has 0 aliphatic rings. The van der Waals surface area contributed by atoms with Crippen LogP contribution >= 0.6 is 15.9 Å². The van der Waals surface area contributed by atoms with Crippen LogP contribution in [-0.2, 0) is 11.3 Å². The lowest BCUT2D eigenvalue weighted by Gasteiger charge is -2.14. The van der Waals surface area contributed by atoms with Crippen LogP contribution in [0.3, 0.4) is 0 Å². The number of ether oxygens (including phenoxy) is 1. The van der Waals surface area contributed by atoms with E-state index in [2.05, 4.69) is 41.9 Å². The fourth-order valence-electron chi connectivity index (χ4n) is 0.943. The minimum atomic E-state index is 0.146. The number of rotatable bonds is 4. The van der Waals surface area contributed by atoms with Crippen molar-refractivity contribution in [2.24, 2.45) is 5.92 Å². The molecule has 1 aromatic carbocycles. The molecule has 1 unspecified atom stereocenters. The SMILES string of the molecule is CC(C)C(Br)OCc1ccccc1. The highest BCUT2D eigenvalue weighted by molar-refractivity contribution is 9.09. The van der Waals surface area contributed by atoms with E-state index in [1.54, 1.807) is 0 Å². The minimum absolute atomic E-state index is 0.146. The quantitative estimate of drug-likeness (QED) is 0.734. The lowest BCUT2D eigenvalue weighted by Crippen LogP contribution is -2.11. The first kappa shape index (κ1) is 10.7. The first-order valence-electron chi connectivity index (χ1n) is 4.49. The standard InChI is InChI=1S/C11H15BrO/c1-9(2)11(12)13-8-10-6-4-3-5-7-10/h3-7,9,11H,8H2,1-2H3. The van der Waals surface area contributed by atoms with Gasteiger partial charge in [0.05, 0.1) is 6.61 Å². The molecule has 0 bridgehead atoms. The van der Waals surface area contributed by atoms with E-state index < -0.39 is 0 Å². The van der Waals surface area contributed by atoms with Crippen LogP contribution in [0.4, 0.5) is 0 Å². The number of hydrogen-bond acceptors (Lipinski definition) is 1. The van der Waals surface area contributed by atoms with E-state index in [4.69, 9.17) is 4.74 Å². The Balaban J connectivity index is 2.35. The third kappa shape index (κ3) is 3.92. The maximum absolute atomic E-state index is 5.61. The number of hydrogen-bond donors (Lipinski definition) is 0. The van der Waals surface area contributed by atoms with Gasteiger partial charge in [-0.3, -0.25) is 0 Å². The van der Waals surface area contributed by atoms with E-state index in [1.807, 2.05) is 18.2 Å². The smallest absolute Gasteiger partial charge is 0.115 e. The molecule has 13 heavy (non-hydrogen) atoms. The van der Waals surface area contributed by atoms with Gasteiger partial charge in [0.1, 0.15) is 5.01 Å². The molecule has 0 fully saturated rings. The molecule has 0 saturated heterocycles.